The van der Waals surface area contributed by atoms with E-state index in [0.29, 0.717) is 28.3 Å². The Kier molecular flexibility index (Phi) is 6.84. The van der Waals surface area contributed by atoms with Gasteiger partial charge in [0.25, 0.3) is 5.56 Å². The Morgan fingerprint density at radius 1 is 1.13 bits per heavy atom. The summed E-state index contributed by atoms with van der Waals surface area (Å²) >= 11 is 6.02. The molecule has 0 saturated heterocycles. The molecule has 3 aromatic rings. The minimum Gasteiger partial charge on any atom is -0.356 e. The molecule has 0 fully saturated rings. The van der Waals surface area contributed by atoms with Crippen molar-refractivity contribution in [3.8, 4) is 0 Å². The molecule has 0 aliphatic rings. The average Bonchev–Trinajstić information content (AvgIpc) is 2.72. The molecule has 0 bridgehead atoms. The molecule has 0 unspecified atom stereocenters. The van der Waals surface area contributed by atoms with Crippen LogP contribution in [0.25, 0.3) is 11.0 Å². The Morgan fingerprint density at radius 3 is 2.67 bits per heavy atom. The van der Waals surface area contributed by atoms with Gasteiger partial charge in [0.05, 0.1) is 11.0 Å². The van der Waals surface area contributed by atoms with Gasteiger partial charge in [0.2, 0.25) is 11.8 Å². The Bertz CT molecular complexity index is 1160. The number of carbonyl (C=O) groups is 2. The van der Waals surface area contributed by atoms with Crippen LogP contribution in [0.2, 0.25) is 5.02 Å². The summed E-state index contributed by atoms with van der Waals surface area (Å²) in [4.78, 5) is 42.0. The summed E-state index contributed by atoms with van der Waals surface area (Å²) in [6.07, 6.45) is 0.354. The molecule has 3 rings (SSSR count). The number of hydrogen-bond donors (Lipinski definition) is 2. The van der Waals surface area contributed by atoms with Crippen molar-refractivity contribution < 1.29 is 9.59 Å². The zero-order valence-corrected chi connectivity index (χ0v) is 17.6. The van der Waals surface area contributed by atoms with Gasteiger partial charge in [-0.1, -0.05) is 29.8 Å². The van der Waals surface area contributed by atoms with E-state index >= 15 is 0 Å². The summed E-state index contributed by atoms with van der Waals surface area (Å²) in [6, 6.07) is 12.3. The molecule has 0 aliphatic carbocycles. The van der Waals surface area contributed by atoms with Crippen LogP contribution in [0.3, 0.4) is 0 Å². The van der Waals surface area contributed by atoms with Gasteiger partial charge >= 0.3 is 0 Å². The number of hydrogen-bond acceptors (Lipinski definition) is 4. The van der Waals surface area contributed by atoms with Crippen molar-refractivity contribution in [3.05, 3.63) is 69.1 Å². The fourth-order valence-electron chi connectivity index (χ4n) is 3.14. The van der Waals surface area contributed by atoms with Crippen molar-refractivity contribution in [2.24, 2.45) is 0 Å². The first-order valence-electron chi connectivity index (χ1n) is 9.70. The van der Waals surface area contributed by atoms with Crippen LogP contribution in [0.4, 0.5) is 5.69 Å². The number of carbonyl (C=O) groups excluding carboxylic acids is 2. The third-order valence-corrected chi connectivity index (χ3v) is 4.89. The first kappa shape index (κ1) is 21.5. The molecular formula is C22H23ClN4O3. The highest BCUT2D eigenvalue weighted by molar-refractivity contribution is 6.31. The molecule has 0 radical (unpaired) electrons. The number of fused-ring (bicyclic) bond motifs is 1. The summed E-state index contributed by atoms with van der Waals surface area (Å²) in [7, 11) is 0. The van der Waals surface area contributed by atoms with E-state index < -0.39 is 0 Å². The lowest BCUT2D eigenvalue weighted by atomic mass is 10.2. The number of amides is 2. The number of anilines is 1. The number of halogens is 1. The molecule has 1 aromatic heterocycles. The molecule has 0 saturated carbocycles. The maximum absolute atomic E-state index is 13.0. The average molecular weight is 427 g/mol. The Morgan fingerprint density at radius 2 is 1.90 bits per heavy atom. The molecular weight excluding hydrogens is 404 g/mol. The van der Waals surface area contributed by atoms with Gasteiger partial charge in [-0.05, 0) is 43.7 Å². The van der Waals surface area contributed by atoms with E-state index in [9.17, 15) is 14.4 Å². The van der Waals surface area contributed by atoms with E-state index in [-0.39, 0.29) is 42.5 Å². The highest BCUT2D eigenvalue weighted by atomic mass is 35.5. The lowest BCUT2D eigenvalue weighted by Gasteiger charge is -2.13. The highest BCUT2D eigenvalue weighted by Crippen LogP contribution is 2.20. The van der Waals surface area contributed by atoms with Gasteiger partial charge in [-0.3, -0.25) is 19.0 Å². The molecule has 2 N–H and O–H groups in total. The van der Waals surface area contributed by atoms with E-state index in [1.165, 1.54) is 4.57 Å². The standard InChI is InChI=1S/C22H23ClN4O3/c1-3-24-20(28)11-10-17-22(30)27(19-7-5-4-6-16(19)25-17)13-21(29)26-18-12-15(23)9-8-14(18)2/h4-9,12H,3,10-11,13H2,1-2H3,(H,24,28)(H,26,29). The van der Waals surface area contributed by atoms with Gasteiger partial charge < -0.3 is 10.6 Å². The van der Waals surface area contributed by atoms with Crippen LogP contribution < -0.4 is 16.2 Å². The predicted octanol–water partition coefficient (Wildman–Crippen LogP) is 3.07. The van der Waals surface area contributed by atoms with Crippen LogP contribution in [0.15, 0.2) is 47.3 Å². The highest BCUT2D eigenvalue weighted by Gasteiger charge is 2.15. The number of nitrogens with zero attached hydrogens (tertiary/aromatic N) is 2. The summed E-state index contributed by atoms with van der Waals surface area (Å²) in [5.41, 5.74) is 2.48. The van der Waals surface area contributed by atoms with Crippen molar-refractivity contribution in [3.63, 3.8) is 0 Å². The lowest BCUT2D eigenvalue weighted by molar-refractivity contribution is -0.121. The molecule has 30 heavy (non-hydrogen) atoms. The van der Waals surface area contributed by atoms with Gasteiger partial charge in [0, 0.05) is 30.1 Å². The van der Waals surface area contributed by atoms with Crippen LogP contribution in [0, 0.1) is 6.92 Å². The Labute approximate surface area is 179 Å². The first-order valence-corrected chi connectivity index (χ1v) is 10.1. The molecule has 7 nitrogen and oxygen atoms in total. The van der Waals surface area contributed by atoms with Crippen molar-refractivity contribution in [2.45, 2.75) is 33.2 Å². The smallest absolute Gasteiger partial charge is 0.273 e. The third kappa shape index (κ3) is 5.04. The molecule has 2 aromatic carbocycles. The fraction of sp³-hybridized carbons (Fsp3) is 0.273. The number of benzene rings is 2. The second-order valence-electron chi connectivity index (χ2n) is 6.90. The lowest BCUT2D eigenvalue weighted by Crippen LogP contribution is -2.32. The third-order valence-electron chi connectivity index (χ3n) is 4.66. The zero-order chi connectivity index (χ0) is 21.7. The second kappa shape index (κ2) is 9.54. The van der Waals surface area contributed by atoms with Crippen molar-refractivity contribution in [2.75, 3.05) is 11.9 Å². The maximum atomic E-state index is 13.0. The van der Waals surface area contributed by atoms with E-state index in [1.54, 1.807) is 30.3 Å². The van der Waals surface area contributed by atoms with Crippen LogP contribution in [0.5, 0.6) is 0 Å². The quantitative estimate of drug-likeness (QED) is 0.607. The number of aromatic nitrogens is 2. The van der Waals surface area contributed by atoms with E-state index in [0.717, 1.165) is 5.56 Å². The summed E-state index contributed by atoms with van der Waals surface area (Å²) in [5, 5.41) is 6.03. The van der Waals surface area contributed by atoms with E-state index in [1.807, 2.05) is 26.0 Å². The van der Waals surface area contributed by atoms with Gasteiger partial charge in [0.1, 0.15) is 12.2 Å². The van der Waals surface area contributed by atoms with Gasteiger partial charge in [0.15, 0.2) is 0 Å². The van der Waals surface area contributed by atoms with Gasteiger partial charge in [-0.2, -0.15) is 0 Å². The number of rotatable bonds is 7. The summed E-state index contributed by atoms with van der Waals surface area (Å²) in [6.45, 7) is 4.04. The number of aryl methyl sites for hydroxylation is 2. The molecule has 8 heteroatoms. The largest absolute Gasteiger partial charge is 0.356 e. The number of para-hydroxylation sites is 2. The Balaban J connectivity index is 1.90. The van der Waals surface area contributed by atoms with Crippen LogP contribution >= 0.6 is 11.6 Å². The van der Waals surface area contributed by atoms with Crippen LogP contribution in [-0.2, 0) is 22.6 Å². The number of nitrogens with one attached hydrogen (secondary N) is 2. The second-order valence-corrected chi connectivity index (χ2v) is 7.34. The maximum Gasteiger partial charge on any atom is 0.273 e. The van der Waals surface area contributed by atoms with Crippen molar-refractivity contribution >= 4 is 40.1 Å². The Hall–Kier alpha value is -3.19. The fourth-order valence-corrected chi connectivity index (χ4v) is 3.32. The molecule has 1 heterocycles. The van der Waals surface area contributed by atoms with Crippen LogP contribution in [-0.4, -0.2) is 27.9 Å². The first-order chi connectivity index (χ1) is 14.4. The van der Waals surface area contributed by atoms with E-state index in [4.69, 9.17) is 11.6 Å². The topological polar surface area (TPSA) is 93.1 Å². The molecule has 0 atom stereocenters. The minimum absolute atomic E-state index is 0.146. The molecule has 0 spiro atoms. The zero-order valence-electron chi connectivity index (χ0n) is 16.9. The van der Waals surface area contributed by atoms with Gasteiger partial charge in [-0.15, -0.1) is 0 Å². The van der Waals surface area contributed by atoms with E-state index in [2.05, 4.69) is 15.6 Å². The minimum atomic E-state index is -0.379. The predicted molar refractivity (Wildman–Crippen MR) is 118 cm³/mol. The van der Waals surface area contributed by atoms with Crippen LogP contribution in [0.1, 0.15) is 24.6 Å². The molecule has 156 valence electrons. The van der Waals surface area contributed by atoms with Gasteiger partial charge in [-0.25, -0.2) is 4.98 Å². The van der Waals surface area contributed by atoms with Crippen molar-refractivity contribution in [1.29, 1.82) is 0 Å². The normalized spacial score (nSPS) is 10.8. The van der Waals surface area contributed by atoms with Crippen molar-refractivity contribution in [1.82, 2.24) is 14.9 Å². The summed E-state index contributed by atoms with van der Waals surface area (Å²) < 4.78 is 1.39. The SMILES string of the molecule is CCNC(=O)CCc1nc2ccccc2n(CC(=O)Nc2cc(Cl)ccc2C)c1=O. The monoisotopic (exact) mass is 426 g/mol. The molecule has 0 aliphatic heterocycles. The summed E-state index contributed by atoms with van der Waals surface area (Å²) in [5.74, 6) is -0.499. The molecule has 2 amide bonds.